The number of carbonyl (C=O) groups is 2. The summed E-state index contributed by atoms with van der Waals surface area (Å²) in [6.45, 7) is 4.09. The molecule has 1 amide bonds. The monoisotopic (exact) mass is 547 g/mol. The van der Waals surface area contributed by atoms with Crippen LogP contribution in [-0.4, -0.2) is 66.1 Å². The van der Waals surface area contributed by atoms with Gasteiger partial charge in [0.1, 0.15) is 6.26 Å². The normalized spacial score (nSPS) is 14.1. The van der Waals surface area contributed by atoms with Crippen LogP contribution < -0.4 is 10.2 Å². The molecule has 3 heterocycles. The van der Waals surface area contributed by atoms with Crippen LogP contribution in [0, 0.1) is 0 Å². The second kappa shape index (κ2) is 11.1. The number of aromatic hydroxyl groups is 1. The average Bonchev–Trinajstić information content (AvgIpc) is 3.64. The van der Waals surface area contributed by atoms with Crippen molar-refractivity contribution in [3.63, 3.8) is 0 Å². The van der Waals surface area contributed by atoms with E-state index in [1.54, 1.807) is 54.7 Å². The zero-order valence-electron chi connectivity index (χ0n) is 22.5. The number of amides is 1. The lowest BCUT2D eigenvalue weighted by Crippen LogP contribution is -2.44. The number of aliphatic imine (C=N–C) groups is 1. The van der Waals surface area contributed by atoms with Gasteiger partial charge in [-0.3, -0.25) is 14.6 Å². The molecule has 0 aliphatic carbocycles. The third-order valence-corrected chi connectivity index (χ3v) is 7.31. The van der Waals surface area contributed by atoms with E-state index in [9.17, 15) is 14.7 Å². The van der Waals surface area contributed by atoms with Gasteiger partial charge < -0.3 is 29.6 Å². The number of rotatable bonds is 7. The zero-order valence-corrected chi connectivity index (χ0v) is 22.5. The Morgan fingerprint density at radius 2 is 1.73 bits per heavy atom. The van der Waals surface area contributed by atoms with Gasteiger partial charge in [-0.1, -0.05) is 24.3 Å². The highest BCUT2D eigenvalue weighted by Gasteiger charge is 2.16. The number of nitrogens with one attached hydrogen (secondary N) is 2. The maximum Gasteiger partial charge on any atom is 0.258 e. The molecule has 206 valence electrons. The summed E-state index contributed by atoms with van der Waals surface area (Å²) in [5.41, 5.74) is 4.87. The Balaban J connectivity index is 1.17. The summed E-state index contributed by atoms with van der Waals surface area (Å²) in [6.07, 6.45) is 4.41. The minimum atomic E-state index is -0.327. The van der Waals surface area contributed by atoms with E-state index in [1.807, 2.05) is 12.1 Å². The van der Waals surface area contributed by atoms with Gasteiger partial charge in [-0.25, -0.2) is 0 Å². The van der Waals surface area contributed by atoms with Crippen molar-refractivity contribution < 1.29 is 19.1 Å². The fourth-order valence-electron chi connectivity index (χ4n) is 4.93. The van der Waals surface area contributed by atoms with Crippen LogP contribution in [0.4, 0.5) is 17.1 Å². The van der Waals surface area contributed by atoms with Crippen molar-refractivity contribution in [1.29, 1.82) is 0 Å². The van der Waals surface area contributed by atoms with E-state index >= 15 is 0 Å². The molecule has 41 heavy (non-hydrogen) atoms. The third-order valence-electron chi connectivity index (χ3n) is 7.31. The number of H-pyrrole nitrogens is 1. The first-order valence-corrected chi connectivity index (χ1v) is 13.4. The Bertz CT molecular complexity index is 1730. The second-order valence-corrected chi connectivity index (χ2v) is 10.1. The molecule has 0 radical (unpaired) electrons. The number of anilines is 2. The van der Waals surface area contributed by atoms with Crippen LogP contribution in [0.15, 0.2) is 94.7 Å². The van der Waals surface area contributed by atoms with Gasteiger partial charge in [0, 0.05) is 65.8 Å². The van der Waals surface area contributed by atoms with Crippen molar-refractivity contribution in [3.8, 4) is 5.88 Å². The number of nitrogens with zero attached hydrogens (tertiary/aromatic N) is 3. The Labute approximate surface area is 236 Å². The van der Waals surface area contributed by atoms with Crippen LogP contribution in [-0.2, 0) is 0 Å². The van der Waals surface area contributed by atoms with Crippen molar-refractivity contribution in [2.75, 3.05) is 43.4 Å². The molecule has 9 nitrogen and oxygen atoms in total. The molecule has 0 saturated carbocycles. The molecule has 3 N–H and O–H groups in total. The standard InChI is InChI=1S/C32H29N5O4/c1-36-12-14-37(15-13-36)26-8-6-24(7-9-26)33-19-28-27-10-5-22(18-29(27)35-32(28)40)30(38)21-3-2-4-25(17-21)34-31(39)23-11-16-41-20-23/h2-11,16-20,35,40H,12-15H2,1H3,(H,34,39). The van der Waals surface area contributed by atoms with Crippen LogP contribution in [0.25, 0.3) is 10.9 Å². The quantitative estimate of drug-likeness (QED) is 0.184. The van der Waals surface area contributed by atoms with Gasteiger partial charge in [-0.15, -0.1) is 0 Å². The molecular formula is C32H29N5O4. The fraction of sp³-hybridized carbons (Fsp3) is 0.156. The van der Waals surface area contributed by atoms with Crippen molar-refractivity contribution in [2.45, 2.75) is 0 Å². The number of furan rings is 1. The lowest BCUT2D eigenvalue weighted by atomic mass is 10.0. The summed E-state index contributed by atoms with van der Waals surface area (Å²) in [6, 6.07) is 21.6. The molecule has 1 aliphatic heterocycles. The van der Waals surface area contributed by atoms with Gasteiger partial charge in [-0.2, -0.15) is 0 Å². The SMILES string of the molecule is CN1CCN(c2ccc(N=Cc3c(O)[nH]c4cc(C(=O)c5cccc(NC(=O)c6ccoc6)c5)ccc34)cc2)CC1. The molecule has 5 aromatic rings. The fourth-order valence-corrected chi connectivity index (χ4v) is 4.93. The van der Waals surface area contributed by atoms with Crippen LogP contribution in [0.2, 0.25) is 0 Å². The van der Waals surface area contributed by atoms with Crippen LogP contribution in [0.5, 0.6) is 5.88 Å². The van der Waals surface area contributed by atoms with Crippen LogP contribution in [0.3, 0.4) is 0 Å². The van der Waals surface area contributed by atoms with E-state index in [-0.39, 0.29) is 17.6 Å². The smallest absolute Gasteiger partial charge is 0.258 e. The number of ketones is 1. The highest BCUT2D eigenvalue weighted by molar-refractivity contribution is 6.13. The highest BCUT2D eigenvalue weighted by atomic mass is 16.3. The number of benzene rings is 3. The summed E-state index contributed by atoms with van der Waals surface area (Å²) in [5.74, 6) is -0.561. The summed E-state index contributed by atoms with van der Waals surface area (Å²) in [5, 5.41) is 14.1. The van der Waals surface area contributed by atoms with Gasteiger partial charge in [0.2, 0.25) is 0 Å². The van der Waals surface area contributed by atoms with Gasteiger partial charge in [0.15, 0.2) is 11.7 Å². The Kier molecular flexibility index (Phi) is 7.09. The largest absolute Gasteiger partial charge is 0.494 e. The summed E-state index contributed by atoms with van der Waals surface area (Å²) in [7, 11) is 2.14. The molecule has 1 fully saturated rings. The van der Waals surface area contributed by atoms with E-state index in [4.69, 9.17) is 4.42 Å². The molecule has 0 atom stereocenters. The highest BCUT2D eigenvalue weighted by Crippen LogP contribution is 2.29. The van der Waals surface area contributed by atoms with Crippen molar-refractivity contribution in [2.24, 2.45) is 4.99 Å². The Morgan fingerprint density at radius 1 is 0.951 bits per heavy atom. The number of aromatic nitrogens is 1. The molecule has 1 saturated heterocycles. The lowest BCUT2D eigenvalue weighted by Gasteiger charge is -2.34. The summed E-state index contributed by atoms with van der Waals surface area (Å²) < 4.78 is 4.96. The number of hydrogen-bond donors (Lipinski definition) is 3. The van der Waals surface area contributed by atoms with Gasteiger partial charge >= 0.3 is 0 Å². The Hall–Kier alpha value is -5.15. The maximum absolute atomic E-state index is 13.3. The number of piperazine rings is 1. The molecule has 0 bridgehead atoms. The molecule has 3 aromatic carbocycles. The molecule has 0 spiro atoms. The number of likely N-dealkylation sites (N-methyl/N-ethyl adjacent to an activating group) is 1. The van der Waals surface area contributed by atoms with E-state index in [0.29, 0.717) is 33.5 Å². The minimum absolute atomic E-state index is 0.0219. The first-order chi connectivity index (χ1) is 19.9. The van der Waals surface area contributed by atoms with Crippen LogP contribution >= 0.6 is 0 Å². The van der Waals surface area contributed by atoms with Gasteiger partial charge in [0.25, 0.3) is 5.91 Å². The molecule has 2 aromatic heterocycles. The van der Waals surface area contributed by atoms with E-state index in [1.165, 1.54) is 18.2 Å². The van der Waals surface area contributed by atoms with E-state index < -0.39 is 0 Å². The first-order valence-electron chi connectivity index (χ1n) is 13.4. The molecule has 6 rings (SSSR count). The summed E-state index contributed by atoms with van der Waals surface area (Å²) >= 11 is 0. The third kappa shape index (κ3) is 5.61. The van der Waals surface area contributed by atoms with Gasteiger partial charge in [-0.05, 0) is 55.6 Å². The molecule has 9 heteroatoms. The number of fused-ring (bicyclic) bond motifs is 1. The van der Waals surface area contributed by atoms with Crippen molar-refractivity contribution in [3.05, 3.63) is 108 Å². The lowest BCUT2D eigenvalue weighted by molar-refractivity contribution is 0.102. The predicted octanol–water partition coefficient (Wildman–Crippen LogP) is 5.45. The molecule has 1 aliphatic rings. The van der Waals surface area contributed by atoms with Crippen molar-refractivity contribution >= 4 is 45.9 Å². The number of hydrogen-bond acceptors (Lipinski definition) is 7. The zero-order chi connectivity index (χ0) is 28.3. The average molecular weight is 548 g/mol. The van der Waals surface area contributed by atoms with E-state index in [0.717, 1.165) is 37.3 Å². The molecular weight excluding hydrogens is 518 g/mol. The van der Waals surface area contributed by atoms with Crippen LogP contribution in [0.1, 0.15) is 31.8 Å². The first kappa shape index (κ1) is 26.1. The topological polar surface area (TPSA) is 114 Å². The number of aromatic amines is 1. The van der Waals surface area contributed by atoms with Gasteiger partial charge in [0.05, 0.1) is 23.1 Å². The van der Waals surface area contributed by atoms with Crippen molar-refractivity contribution in [1.82, 2.24) is 9.88 Å². The molecule has 0 unspecified atom stereocenters. The maximum atomic E-state index is 13.3. The van der Waals surface area contributed by atoms with E-state index in [2.05, 4.69) is 44.3 Å². The predicted molar refractivity (Wildman–Crippen MR) is 160 cm³/mol. The minimum Gasteiger partial charge on any atom is -0.494 e. The second-order valence-electron chi connectivity index (χ2n) is 10.1. The number of carbonyl (C=O) groups excluding carboxylic acids is 2. The Morgan fingerprint density at radius 3 is 2.49 bits per heavy atom. The summed E-state index contributed by atoms with van der Waals surface area (Å²) in [4.78, 5) is 37.8.